The van der Waals surface area contributed by atoms with Crippen LogP contribution >= 0.6 is 22.9 Å². The van der Waals surface area contributed by atoms with Crippen LogP contribution in [0.25, 0.3) is 27.0 Å². The molecule has 2 aromatic heterocycles. The van der Waals surface area contributed by atoms with E-state index in [1.165, 1.54) is 29.7 Å². The molecule has 0 atom stereocenters. The molecule has 1 N–H and O–H groups in total. The van der Waals surface area contributed by atoms with Gasteiger partial charge in [-0.05, 0) is 42.5 Å². The van der Waals surface area contributed by atoms with Crippen molar-refractivity contribution in [2.24, 2.45) is 5.10 Å². The molecule has 0 unspecified atom stereocenters. The number of thiophene rings is 1. The molecule has 0 aliphatic carbocycles. The predicted octanol–water partition coefficient (Wildman–Crippen LogP) is 6.31. The van der Waals surface area contributed by atoms with Crippen molar-refractivity contribution in [2.75, 3.05) is 0 Å². The molecule has 5 nitrogen and oxygen atoms in total. The molecule has 0 bridgehead atoms. The number of benzene rings is 3. The third-order valence-corrected chi connectivity index (χ3v) is 6.67. The number of amides is 1. The van der Waals surface area contributed by atoms with Crippen LogP contribution in [0.4, 0.5) is 4.39 Å². The third kappa shape index (κ3) is 4.28. The number of nitrogens with zero attached hydrogens (tertiary/aromatic N) is 3. The van der Waals surface area contributed by atoms with E-state index in [9.17, 15) is 9.18 Å². The second-order valence-corrected chi connectivity index (χ2v) is 8.59. The number of hydrazone groups is 1. The number of halogens is 2. The highest BCUT2D eigenvalue weighted by atomic mass is 35.5. The van der Waals surface area contributed by atoms with E-state index in [-0.39, 0.29) is 5.82 Å². The van der Waals surface area contributed by atoms with Crippen molar-refractivity contribution >= 4 is 45.1 Å². The maximum Gasteiger partial charge on any atom is 0.283 e. The fraction of sp³-hybridized carbons (Fsp3) is 0. The van der Waals surface area contributed by atoms with Gasteiger partial charge in [0.1, 0.15) is 16.4 Å². The first-order valence-electron chi connectivity index (χ1n) is 10.0. The summed E-state index contributed by atoms with van der Waals surface area (Å²) in [5.41, 5.74) is 5.40. The van der Waals surface area contributed by atoms with E-state index in [0.29, 0.717) is 21.2 Å². The van der Waals surface area contributed by atoms with Gasteiger partial charge in [-0.2, -0.15) is 10.2 Å². The molecule has 8 heteroatoms. The normalized spacial score (nSPS) is 11.3. The lowest BCUT2D eigenvalue weighted by molar-refractivity contribution is 0.0959. The zero-order chi connectivity index (χ0) is 22.8. The highest BCUT2D eigenvalue weighted by Gasteiger charge is 2.17. The molecule has 5 rings (SSSR count). The first-order valence-corrected chi connectivity index (χ1v) is 11.2. The second-order valence-electron chi connectivity index (χ2n) is 7.16. The first kappa shape index (κ1) is 21.1. The highest BCUT2D eigenvalue weighted by molar-refractivity contribution is 7.21. The van der Waals surface area contributed by atoms with Gasteiger partial charge in [0.2, 0.25) is 0 Å². The maximum absolute atomic E-state index is 13.4. The molecule has 0 aliphatic heterocycles. The molecular weight excluding hydrogens is 459 g/mol. The van der Waals surface area contributed by atoms with Gasteiger partial charge in [-0.25, -0.2) is 14.5 Å². The number of fused-ring (bicyclic) bond motifs is 1. The van der Waals surface area contributed by atoms with Crippen LogP contribution in [0.15, 0.2) is 90.2 Å². The minimum absolute atomic E-state index is 0.330. The Morgan fingerprint density at radius 3 is 2.52 bits per heavy atom. The molecule has 3 aromatic carbocycles. The molecule has 0 aliphatic rings. The molecule has 33 heavy (non-hydrogen) atoms. The Hall–Kier alpha value is -3.81. The lowest BCUT2D eigenvalue weighted by Gasteiger charge is -2.00. The van der Waals surface area contributed by atoms with Crippen LogP contribution in [0.3, 0.4) is 0 Å². The van der Waals surface area contributed by atoms with E-state index >= 15 is 0 Å². The first-order chi connectivity index (χ1) is 16.1. The Bertz CT molecular complexity index is 1480. The van der Waals surface area contributed by atoms with Gasteiger partial charge in [0.15, 0.2) is 0 Å². The zero-order valence-electron chi connectivity index (χ0n) is 17.1. The van der Waals surface area contributed by atoms with E-state index in [4.69, 9.17) is 11.6 Å². The SMILES string of the molecule is O=C(N/N=C\c1cn(-c2ccccc2)nc1-c1ccc(F)cc1)c1sc2ccccc2c1Cl. The summed E-state index contributed by atoms with van der Waals surface area (Å²) in [6.07, 6.45) is 3.32. The van der Waals surface area contributed by atoms with Crippen LogP contribution in [0.2, 0.25) is 5.02 Å². The number of para-hydroxylation sites is 1. The van der Waals surface area contributed by atoms with Gasteiger partial charge in [-0.3, -0.25) is 4.79 Å². The predicted molar refractivity (Wildman–Crippen MR) is 131 cm³/mol. The van der Waals surface area contributed by atoms with Gasteiger partial charge >= 0.3 is 0 Å². The quantitative estimate of drug-likeness (QED) is 0.239. The molecule has 162 valence electrons. The van der Waals surface area contributed by atoms with Crippen molar-refractivity contribution < 1.29 is 9.18 Å². The van der Waals surface area contributed by atoms with E-state index in [0.717, 1.165) is 21.3 Å². The molecule has 0 fully saturated rings. The molecular formula is C25H16ClFN4OS. The molecule has 0 spiro atoms. The number of aromatic nitrogens is 2. The molecule has 0 radical (unpaired) electrons. The number of hydrogen-bond acceptors (Lipinski definition) is 4. The van der Waals surface area contributed by atoms with Crippen molar-refractivity contribution in [2.45, 2.75) is 0 Å². The van der Waals surface area contributed by atoms with Crippen LogP contribution in [-0.2, 0) is 0 Å². The fourth-order valence-corrected chi connectivity index (χ4v) is 4.81. The lowest BCUT2D eigenvalue weighted by Crippen LogP contribution is -2.16. The summed E-state index contributed by atoms with van der Waals surface area (Å²) >= 11 is 7.70. The average Bonchev–Trinajstić information content (AvgIpc) is 3.42. The maximum atomic E-state index is 13.4. The Balaban J connectivity index is 1.45. The van der Waals surface area contributed by atoms with Gasteiger partial charge < -0.3 is 0 Å². The number of nitrogens with one attached hydrogen (secondary N) is 1. The van der Waals surface area contributed by atoms with Gasteiger partial charge in [-0.15, -0.1) is 11.3 Å². The number of hydrogen-bond donors (Lipinski definition) is 1. The van der Waals surface area contributed by atoms with E-state index < -0.39 is 5.91 Å². The second kappa shape index (κ2) is 8.97. The van der Waals surface area contributed by atoms with Crippen molar-refractivity contribution in [1.82, 2.24) is 15.2 Å². The Morgan fingerprint density at radius 2 is 1.76 bits per heavy atom. The van der Waals surface area contributed by atoms with Crippen molar-refractivity contribution in [3.05, 3.63) is 106 Å². The monoisotopic (exact) mass is 474 g/mol. The summed E-state index contributed by atoms with van der Waals surface area (Å²) in [5, 5.41) is 10.0. The van der Waals surface area contributed by atoms with Crippen LogP contribution < -0.4 is 5.43 Å². The summed E-state index contributed by atoms with van der Waals surface area (Å²) in [6, 6.07) is 23.2. The van der Waals surface area contributed by atoms with Crippen LogP contribution in [-0.4, -0.2) is 21.9 Å². The smallest absolute Gasteiger partial charge is 0.266 e. The van der Waals surface area contributed by atoms with Crippen molar-refractivity contribution in [1.29, 1.82) is 0 Å². The van der Waals surface area contributed by atoms with Crippen molar-refractivity contribution in [3.63, 3.8) is 0 Å². The summed E-state index contributed by atoms with van der Waals surface area (Å²) < 4.78 is 16.1. The molecule has 2 heterocycles. The zero-order valence-corrected chi connectivity index (χ0v) is 18.6. The summed E-state index contributed by atoms with van der Waals surface area (Å²) in [4.78, 5) is 13.1. The van der Waals surface area contributed by atoms with E-state index in [1.807, 2.05) is 54.6 Å². The van der Waals surface area contributed by atoms with E-state index in [1.54, 1.807) is 23.0 Å². The minimum atomic E-state index is -0.392. The van der Waals surface area contributed by atoms with Crippen LogP contribution in [0.5, 0.6) is 0 Å². The van der Waals surface area contributed by atoms with E-state index in [2.05, 4.69) is 15.6 Å². The Kier molecular flexibility index (Phi) is 5.73. The fourth-order valence-electron chi connectivity index (χ4n) is 3.40. The Morgan fingerprint density at radius 1 is 1.03 bits per heavy atom. The minimum Gasteiger partial charge on any atom is -0.266 e. The lowest BCUT2D eigenvalue weighted by atomic mass is 10.1. The largest absolute Gasteiger partial charge is 0.283 e. The van der Waals surface area contributed by atoms with Gasteiger partial charge in [-0.1, -0.05) is 48.0 Å². The number of carbonyl (C=O) groups is 1. The van der Waals surface area contributed by atoms with Crippen molar-refractivity contribution in [3.8, 4) is 16.9 Å². The topological polar surface area (TPSA) is 59.3 Å². The standard InChI is InChI=1S/C25H16ClFN4OS/c26-22-20-8-4-5-9-21(20)33-24(22)25(32)29-28-14-17-15-31(19-6-2-1-3-7-19)30-23(17)16-10-12-18(27)13-11-16/h1-15H,(H,29,32)/b28-14-. The molecule has 5 aromatic rings. The summed E-state index contributed by atoms with van der Waals surface area (Å²) in [6.45, 7) is 0. The highest BCUT2D eigenvalue weighted by Crippen LogP contribution is 2.35. The third-order valence-electron chi connectivity index (χ3n) is 4.99. The van der Waals surface area contributed by atoms with Crippen LogP contribution in [0, 0.1) is 5.82 Å². The molecule has 0 saturated heterocycles. The summed E-state index contributed by atoms with van der Waals surface area (Å²) in [5.74, 6) is -0.722. The molecule has 1 amide bonds. The van der Waals surface area contributed by atoms with Gasteiger partial charge in [0.25, 0.3) is 5.91 Å². The summed E-state index contributed by atoms with van der Waals surface area (Å²) in [7, 11) is 0. The van der Waals surface area contributed by atoms with Gasteiger partial charge in [0, 0.05) is 27.4 Å². The van der Waals surface area contributed by atoms with Crippen LogP contribution in [0.1, 0.15) is 15.2 Å². The molecule has 0 saturated carbocycles. The number of carbonyl (C=O) groups excluding carboxylic acids is 1. The number of rotatable bonds is 5. The average molecular weight is 475 g/mol. The Labute approximate surface area is 197 Å². The van der Waals surface area contributed by atoms with Gasteiger partial charge in [0.05, 0.1) is 16.9 Å².